The normalized spacial score (nSPS) is 20.7. The van der Waals surface area contributed by atoms with Gasteiger partial charge in [-0.05, 0) is 56.7 Å². The molecule has 0 saturated carbocycles. The van der Waals surface area contributed by atoms with Crippen LogP contribution in [0.4, 0.5) is 5.82 Å². The molecule has 2 aliphatic heterocycles. The molecule has 0 aliphatic carbocycles. The van der Waals surface area contributed by atoms with Gasteiger partial charge in [0.1, 0.15) is 29.2 Å². The summed E-state index contributed by atoms with van der Waals surface area (Å²) < 4.78 is 1.78. The summed E-state index contributed by atoms with van der Waals surface area (Å²) in [5, 5.41) is 7.84. The largest absolute Gasteiger partial charge is 0.384 e. The summed E-state index contributed by atoms with van der Waals surface area (Å²) in [6.45, 7) is 3.43. The van der Waals surface area contributed by atoms with Gasteiger partial charge in [-0.25, -0.2) is 14.6 Å². The van der Waals surface area contributed by atoms with Gasteiger partial charge in [-0.1, -0.05) is 36.4 Å². The molecule has 3 aromatic rings. The lowest BCUT2D eigenvalue weighted by molar-refractivity contribution is -0.142. The van der Waals surface area contributed by atoms with Crippen LogP contribution in [0, 0.1) is 6.92 Å². The van der Waals surface area contributed by atoms with Crippen LogP contribution in [0.2, 0.25) is 0 Å². The van der Waals surface area contributed by atoms with Gasteiger partial charge in [0.05, 0.1) is 12.6 Å². The standard InChI is InChI=1S/C29H36N8O3/c1-20-31-27-23(19-21-9-3-2-4-10-21)33-28(39)24-12-5-6-16-36(24)26(38)14-8-15-35(17-18-37(27)34-20)29(40)22-11-7-13-25(30)32-22/h2-4,7,9-11,13,23-24H,5-6,8,12,14-19H2,1H3,(H2,30,32)(H,33,39)/t23-,24+/m1/s1. The van der Waals surface area contributed by atoms with E-state index in [9.17, 15) is 14.4 Å². The molecular weight excluding hydrogens is 508 g/mol. The molecule has 1 aromatic carbocycles. The minimum Gasteiger partial charge on any atom is -0.384 e. The number of carbonyl (C=O) groups is 3. The minimum absolute atomic E-state index is 0.0648. The molecule has 1 saturated heterocycles. The highest BCUT2D eigenvalue weighted by Crippen LogP contribution is 2.23. The summed E-state index contributed by atoms with van der Waals surface area (Å²) in [7, 11) is 0. The summed E-state index contributed by atoms with van der Waals surface area (Å²) in [5.74, 6) is 0.988. The average Bonchev–Trinajstić information content (AvgIpc) is 3.34. The molecule has 1 fully saturated rings. The highest BCUT2D eigenvalue weighted by atomic mass is 16.2. The fraction of sp³-hybridized carbons (Fsp3) is 0.448. The molecule has 5 rings (SSSR count). The van der Waals surface area contributed by atoms with E-state index in [1.807, 2.05) is 37.3 Å². The van der Waals surface area contributed by atoms with Crippen molar-refractivity contribution in [2.75, 3.05) is 25.4 Å². The van der Waals surface area contributed by atoms with E-state index < -0.39 is 12.1 Å². The van der Waals surface area contributed by atoms with Gasteiger partial charge in [0, 0.05) is 26.1 Å². The summed E-state index contributed by atoms with van der Waals surface area (Å²) in [6.07, 6.45) is 3.60. The van der Waals surface area contributed by atoms with Crippen LogP contribution in [0.1, 0.15) is 65.8 Å². The Labute approximate surface area is 233 Å². The van der Waals surface area contributed by atoms with Crippen LogP contribution in [-0.2, 0) is 22.6 Å². The summed E-state index contributed by atoms with van der Waals surface area (Å²) in [6, 6.07) is 13.9. The molecule has 0 bridgehead atoms. The Hall–Kier alpha value is -4.28. The number of aryl methyl sites for hydroxylation is 1. The number of carbonyl (C=O) groups excluding carboxylic acids is 3. The Morgan fingerprint density at radius 3 is 2.60 bits per heavy atom. The molecule has 11 nitrogen and oxygen atoms in total. The van der Waals surface area contributed by atoms with Crippen molar-refractivity contribution in [3.8, 4) is 0 Å². The number of pyridine rings is 1. The number of hydrogen-bond acceptors (Lipinski definition) is 7. The molecule has 0 spiro atoms. The van der Waals surface area contributed by atoms with Gasteiger partial charge in [-0.15, -0.1) is 0 Å². The van der Waals surface area contributed by atoms with Crippen LogP contribution in [0.15, 0.2) is 48.5 Å². The van der Waals surface area contributed by atoms with Crippen molar-refractivity contribution in [1.29, 1.82) is 0 Å². The van der Waals surface area contributed by atoms with E-state index in [2.05, 4.69) is 15.4 Å². The van der Waals surface area contributed by atoms with Gasteiger partial charge >= 0.3 is 0 Å². The number of piperidine rings is 1. The maximum atomic E-state index is 13.7. The molecule has 40 heavy (non-hydrogen) atoms. The number of hydrogen-bond donors (Lipinski definition) is 2. The number of nitrogens with one attached hydrogen (secondary N) is 1. The Kier molecular flexibility index (Phi) is 8.37. The van der Waals surface area contributed by atoms with Crippen LogP contribution in [0.25, 0.3) is 0 Å². The molecule has 2 aliphatic rings. The smallest absolute Gasteiger partial charge is 0.272 e. The van der Waals surface area contributed by atoms with Crippen molar-refractivity contribution in [3.63, 3.8) is 0 Å². The molecule has 210 valence electrons. The third-order valence-electron chi connectivity index (χ3n) is 7.52. The van der Waals surface area contributed by atoms with Crippen LogP contribution < -0.4 is 11.1 Å². The summed E-state index contributed by atoms with van der Waals surface area (Å²) >= 11 is 0. The number of nitrogens with zero attached hydrogens (tertiary/aromatic N) is 6. The highest BCUT2D eigenvalue weighted by molar-refractivity contribution is 5.92. The van der Waals surface area contributed by atoms with E-state index in [0.29, 0.717) is 57.1 Å². The van der Waals surface area contributed by atoms with Gasteiger partial charge < -0.3 is 20.9 Å². The monoisotopic (exact) mass is 544 g/mol. The van der Waals surface area contributed by atoms with Crippen molar-refractivity contribution in [3.05, 3.63) is 71.4 Å². The van der Waals surface area contributed by atoms with Gasteiger partial charge in [-0.2, -0.15) is 5.10 Å². The van der Waals surface area contributed by atoms with Gasteiger partial charge in [0.25, 0.3) is 5.91 Å². The first-order chi connectivity index (χ1) is 19.4. The van der Waals surface area contributed by atoms with E-state index >= 15 is 0 Å². The molecule has 4 heterocycles. The van der Waals surface area contributed by atoms with Crippen molar-refractivity contribution in [1.82, 2.24) is 34.9 Å². The second-order valence-corrected chi connectivity index (χ2v) is 10.4. The first-order valence-electron chi connectivity index (χ1n) is 14.0. The number of anilines is 1. The molecule has 2 atom stereocenters. The molecule has 0 radical (unpaired) electrons. The lowest BCUT2D eigenvalue weighted by Gasteiger charge is -2.36. The Morgan fingerprint density at radius 1 is 0.975 bits per heavy atom. The van der Waals surface area contributed by atoms with Crippen LogP contribution >= 0.6 is 0 Å². The number of aromatic nitrogens is 4. The zero-order valence-electron chi connectivity index (χ0n) is 22.8. The van der Waals surface area contributed by atoms with E-state index in [0.717, 1.165) is 18.4 Å². The van der Waals surface area contributed by atoms with E-state index in [-0.39, 0.29) is 35.7 Å². The molecule has 3 N–H and O–H groups in total. The van der Waals surface area contributed by atoms with Crippen LogP contribution in [0.3, 0.4) is 0 Å². The minimum atomic E-state index is -0.533. The first kappa shape index (κ1) is 27.3. The number of rotatable bonds is 3. The van der Waals surface area contributed by atoms with Gasteiger partial charge in [0.2, 0.25) is 11.8 Å². The quantitative estimate of drug-likeness (QED) is 0.516. The molecule has 0 unspecified atom stereocenters. The van der Waals surface area contributed by atoms with Crippen molar-refractivity contribution >= 4 is 23.5 Å². The Balaban J connectivity index is 1.50. The van der Waals surface area contributed by atoms with E-state index in [1.54, 1.807) is 32.7 Å². The maximum absolute atomic E-state index is 13.7. The molecule has 11 heteroatoms. The SMILES string of the molecule is Cc1nc2n(n1)CCN(C(=O)c1cccc(N)n1)CCCC(=O)N1CCCC[C@H]1C(=O)N[C@@H]2Cc1ccccc1. The van der Waals surface area contributed by atoms with E-state index in [1.165, 1.54) is 0 Å². The summed E-state index contributed by atoms with van der Waals surface area (Å²) in [4.78, 5) is 52.8. The van der Waals surface area contributed by atoms with Crippen LogP contribution in [0.5, 0.6) is 0 Å². The topological polar surface area (TPSA) is 139 Å². The lowest BCUT2D eigenvalue weighted by Crippen LogP contribution is -2.53. The zero-order valence-corrected chi connectivity index (χ0v) is 22.8. The molecule has 2 aromatic heterocycles. The number of nitrogens with two attached hydrogens (primary N) is 1. The fourth-order valence-electron chi connectivity index (χ4n) is 5.55. The van der Waals surface area contributed by atoms with Crippen LogP contribution in [-0.4, -0.2) is 72.9 Å². The average molecular weight is 545 g/mol. The van der Waals surface area contributed by atoms with Crippen molar-refractivity contribution < 1.29 is 14.4 Å². The maximum Gasteiger partial charge on any atom is 0.272 e. The Morgan fingerprint density at radius 2 is 1.80 bits per heavy atom. The number of nitrogen functional groups attached to an aromatic ring is 1. The third kappa shape index (κ3) is 6.30. The number of fused-ring (bicyclic) bond motifs is 2. The Bertz CT molecular complexity index is 1360. The zero-order chi connectivity index (χ0) is 28.1. The predicted molar refractivity (Wildman–Crippen MR) is 149 cm³/mol. The van der Waals surface area contributed by atoms with Gasteiger partial charge in [-0.3, -0.25) is 14.4 Å². The molecule has 3 amide bonds. The fourth-order valence-corrected chi connectivity index (χ4v) is 5.55. The van der Waals surface area contributed by atoms with Gasteiger partial charge in [0.15, 0.2) is 0 Å². The lowest BCUT2D eigenvalue weighted by atomic mass is 9.99. The second kappa shape index (κ2) is 12.3. The predicted octanol–water partition coefficient (Wildman–Crippen LogP) is 2.28. The molecular formula is C29H36N8O3. The number of benzene rings is 1. The van der Waals surface area contributed by atoms with Crippen molar-refractivity contribution in [2.45, 2.75) is 64.1 Å². The summed E-state index contributed by atoms with van der Waals surface area (Å²) in [5.41, 5.74) is 7.15. The van der Waals surface area contributed by atoms with E-state index in [4.69, 9.17) is 10.7 Å². The highest BCUT2D eigenvalue weighted by Gasteiger charge is 2.34. The third-order valence-corrected chi connectivity index (χ3v) is 7.52. The number of amides is 3. The first-order valence-corrected chi connectivity index (χ1v) is 14.0. The second-order valence-electron chi connectivity index (χ2n) is 10.4. The van der Waals surface area contributed by atoms with Crippen molar-refractivity contribution in [2.24, 2.45) is 0 Å².